The topological polar surface area (TPSA) is 49.8 Å². The number of nitrogens with zero attached hydrogens (tertiary/aromatic N) is 1. The summed E-state index contributed by atoms with van der Waals surface area (Å²) < 4.78 is 1.25. The van der Waals surface area contributed by atoms with Gasteiger partial charge in [-0.1, -0.05) is 4.47 Å². The summed E-state index contributed by atoms with van der Waals surface area (Å²) in [5, 5.41) is 8.39. The molecule has 0 amide bonds. The Balaban J connectivity index is 2.47. The molecule has 0 aromatic carbocycles. The van der Waals surface area contributed by atoms with Crippen LogP contribution in [0.4, 0.5) is 0 Å². The first-order chi connectivity index (χ1) is 4.74. The van der Waals surface area contributed by atoms with Crippen LogP contribution in [0.15, 0.2) is 11.2 Å². The molecule has 0 aliphatic carbocycles. The summed E-state index contributed by atoms with van der Waals surface area (Å²) in [7, 11) is 0. The van der Waals surface area contributed by atoms with E-state index >= 15 is 0 Å². The van der Waals surface area contributed by atoms with Crippen LogP contribution in [-0.4, -0.2) is 21.5 Å². The molecular weight excluding hydrogens is 178 g/mol. The number of carboxylic acid groups (broad SMARTS) is 1. The van der Waals surface area contributed by atoms with E-state index in [1.54, 1.807) is 0 Å². The fourth-order valence-electron chi connectivity index (χ4n) is 0.401. The third-order valence-corrected chi connectivity index (χ3v) is 2.03. The zero-order valence-electron chi connectivity index (χ0n) is 4.78. The van der Waals surface area contributed by atoms with Gasteiger partial charge in [0.05, 0.1) is 0 Å². The number of carboxylic acids is 1. The van der Waals surface area contributed by atoms with Gasteiger partial charge in [0.1, 0.15) is 17.2 Å². The van der Waals surface area contributed by atoms with Crippen LogP contribution in [0.5, 0.6) is 0 Å². The van der Waals surface area contributed by atoms with E-state index in [-0.39, 0.29) is 10.9 Å². The zero-order valence-corrected chi connectivity index (χ0v) is 6.35. The number of carbonyl (C=O) groups is 1. The largest absolute Gasteiger partial charge is 0.477 e. The molecule has 6 heteroatoms. The minimum atomic E-state index is -1.00. The maximum Gasteiger partial charge on any atom is 0.346 e. The van der Waals surface area contributed by atoms with E-state index in [1.807, 2.05) is 0 Å². The van der Waals surface area contributed by atoms with Crippen molar-refractivity contribution in [3.63, 3.8) is 0 Å². The molecule has 1 heterocycles. The third kappa shape index (κ3) is 1.56. The summed E-state index contributed by atoms with van der Waals surface area (Å²) in [5.41, 5.74) is 0. The van der Waals surface area contributed by atoms with E-state index < -0.39 is 5.97 Å². The highest BCUT2D eigenvalue weighted by molar-refractivity contribution is 8.01. The number of rotatable bonds is 2. The van der Waals surface area contributed by atoms with E-state index in [9.17, 15) is 4.79 Å². The van der Waals surface area contributed by atoms with Crippen molar-refractivity contribution in [3.05, 3.63) is 11.2 Å². The van der Waals surface area contributed by atoms with Crippen LogP contribution in [0.3, 0.4) is 0 Å². The summed E-state index contributed by atoms with van der Waals surface area (Å²) >= 11 is 6.29. The van der Waals surface area contributed by atoms with E-state index in [0.29, 0.717) is 0 Å². The molecule has 1 rings (SSSR count). The van der Waals surface area contributed by atoms with Crippen LogP contribution < -0.4 is 0 Å². The number of aliphatic carboxylic acids is 1. The van der Waals surface area contributed by atoms with Gasteiger partial charge in [-0.05, 0) is 0 Å². The fraction of sp³-hybridized carbons (Fsp3) is 0.250. The Morgan fingerprint density at radius 2 is 2.70 bits per heavy atom. The Labute approximate surface area is 66.5 Å². The SMILES string of the molecule is O=C(O)C1=CON(CCl)S1. The highest BCUT2D eigenvalue weighted by Gasteiger charge is 2.21. The lowest BCUT2D eigenvalue weighted by Crippen LogP contribution is -2.06. The standard InChI is InChI=1S/C4H4ClNO3S/c5-2-6-9-1-3(10-6)4(7)8/h1H,2H2,(H,7,8). The Morgan fingerprint density at radius 1 is 2.00 bits per heavy atom. The zero-order chi connectivity index (χ0) is 7.56. The number of hydrogen-bond acceptors (Lipinski definition) is 4. The average Bonchev–Trinajstić information content (AvgIpc) is 2.34. The van der Waals surface area contributed by atoms with Crippen LogP contribution in [0.2, 0.25) is 0 Å². The molecule has 4 nitrogen and oxygen atoms in total. The third-order valence-electron chi connectivity index (χ3n) is 0.786. The second kappa shape index (κ2) is 3.14. The predicted octanol–water partition coefficient (Wildman–Crippen LogP) is 1.00. The van der Waals surface area contributed by atoms with Crippen LogP contribution in [0.1, 0.15) is 0 Å². The summed E-state index contributed by atoms with van der Waals surface area (Å²) in [6.07, 6.45) is 1.15. The lowest BCUT2D eigenvalue weighted by atomic mass is 10.6. The maximum absolute atomic E-state index is 10.2. The Morgan fingerprint density at radius 3 is 3.00 bits per heavy atom. The molecular formula is C4H4ClNO3S. The number of halogens is 1. The van der Waals surface area contributed by atoms with Crippen LogP contribution in [-0.2, 0) is 9.63 Å². The summed E-state index contributed by atoms with van der Waals surface area (Å²) in [6.45, 7) is 0. The highest BCUT2D eigenvalue weighted by Crippen LogP contribution is 2.28. The summed E-state index contributed by atoms with van der Waals surface area (Å²) in [5.74, 6) is -1.00. The van der Waals surface area contributed by atoms with Crippen LogP contribution in [0, 0.1) is 0 Å². The minimum Gasteiger partial charge on any atom is -0.477 e. The normalized spacial score (nSPS) is 18.3. The van der Waals surface area contributed by atoms with Crippen molar-refractivity contribution in [3.8, 4) is 0 Å². The monoisotopic (exact) mass is 181 g/mol. The van der Waals surface area contributed by atoms with Gasteiger partial charge in [-0.3, -0.25) is 0 Å². The van der Waals surface area contributed by atoms with Gasteiger partial charge in [0.25, 0.3) is 0 Å². The molecule has 0 aromatic rings. The van der Waals surface area contributed by atoms with Gasteiger partial charge in [-0.25, -0.2) is 4.79 Å². The first kappa shape index (κ1) is 7.71. The molecule has 1 N–H and O–H groups in total. The van der Waals surface area contributed by atoms with E-state index in [2.05, 4.69) is 0 Å². The van der Waals surface area contributed by atoms with Crippen LogP contribution >= 0.6 is 23.5 Å². The van der Waals surface area contributed by atoms with Gasteiger partial charge in [0.2, 0.25) is 0 Å². The molecule has 0 unspecified atom stereocenters. The lowest BCUT2D eigenvalue weighted by Gasteiger charge is -2.05. The highest BCUT2D eigenvalue weighted by atomic mass is 35.5. The number of alkyl halides is 1. The van der Waals surface area contributed by atoms with Gasteiger partial charge in [0, 0.05) is 11.9 Å². The lowest BCUT2D eigenvalue weighted by molar-refractivity contribution is -0.131. The Kier molecular flexibility index (Phi) is 2.42. The van der Waals surface area contributed by atoms with Crippen molar-refractivity contribution in [1.29, 1.82) is 0 Å². The fourth-order valence-corrected chi connectivity index (χ4v) is 1.12. The molecule has 0 bridgehead atoms. The molecule has 0 saturated carbocycles. The first-order valence-electron chi connectivity index (χ1n) is 2.35. The van der Waals surface area contributed by atoms with E-state index in [1.165, 1.54) is 4.47 Å². The molecule has 0 aromatic heterocycles. The van der Waals surface area contributed by atoms with Gasteiger partial charge in [-0.2, -0.15) is 0 Å². The first-order valence-corrected chi connectivity index (χ1v) is 3.66. The summed E-state index contributed by atoms with van der Waals surface area (Å²) in [4.78, 5) is 15.1. The number of hydroxylamine groups is 1. The second-order valence-corrected chi connectivity index (χ2v) is 2.70. The van der Waals surface area contributed by atoms with Gasteiger partial charge < -0.3 is 9.94 Å². The number of hydrogen-bond donors (Lipinski definition) is 1. The molecule has 0 fully saturated rings. The van der Waals surface area contributed by atoms with Crippen molar-refractivity contribution in [2.45, 2.75) is 0 Å². The molecule has 0 spiro atoms. The van der Waals surface area contributed by atoms with Crippen molar-refractivity contribution < 1.29 is 14.7 Å². The maximum atomic E-state index is 10.2. The van der Waals surface area contributed by atoms with Crippen molar-refractivity contribution >= 4 is 29.5 Å². The Hall–Kier alpha value is -0.390. The van der Waals surface area contributed by atoms with E-state index in [0.717, 1.165) is 18.2 Å². The smallest absolute Gasteiger partial charge is 0.346 e. The molecule has 0 atom stereocenters. The molecule has 56 valence electrons. The molecule has 0 radical (unpaired) electrons. The molecule has 1 aliphatic heterocycles. The van der Waals surface area contributed by atoms with Crippen molar-refractivity contribution in [1.82, 2.24) is 4.47 Å². The average molecular weight is 182 g/mol. The van der Waals surface area contributed by atoms with E-state index in [4.69, 9.17) is 21.5 Å². The van der Waals surface area contributed by atoms with Crippen molar-refractivity contribution in [2.75, 3.05) is 6.00 Å². The van der Waals surface area contributed by atoms with Gasteiger partial charge in [0.15, 0.2) is 0 Å². The minimum absolute atomic E-state index is 0.137. The molecule has 1 aliphatic rings. The van der Waals surface area contributed by atoms with Crippen LogP contribution in [0.25, 0.3) is 0 Å². The summed E-state index contributed by atoms with van der Waals surface area (Å²) in [6, 6.07) is 0.137. The molecule has 0 saturated heterocycles. The quantitative estimate of drug-likeness (QED) is 0.391. The molecule has 10 heavy (non-hydrogen) atoms. The van der Waals surface area contributed by atoms with Crippen molar-refractivity contribution in [2.24, 2.45) is 0 Å². The van der Waals surface area contributed by atoms with Gasteiger partial charge >= 0.3 is 5.97 Å². The second-order valence-electron chi connectivity index (χ2n) is 1.44. The Bertz CT molecular complexity index is 183. The van der Waals surface area contributed by atoms with Gasteiger partial charge in [-0.15, -0.1) is 11.6 Å². The predicted molar refractivity (Wildman–Crippen MR) is 37.0 cm³/mol.